The minimum Gasteiger partial charge on any atom is -0.479 e. The summed E-state index contributed by atoms with van der Waals surface area (Å²) >= 11 is 0. The SMILES string of the molecule is CC(C)(OS(C)(=O)=O)C(=O)O. The van der Waals surface area contributed by atoms with Crippen LogP contribution in [0.15, 0.2) is 0 Å². The smallest absolute Gasteiger partial charge is 0.336 e. The van der Waals surface area contributed by atoms with Crippen molar-refractivity contribution in [3.05, 3.63) is 0 Å². The Morgan fingerprint density at radius 3 is 1.91 bits per heavy atom. The number of hydrogen-bond donors (Lipinski definition) is 1. The van der Waals surface area contributed by atoms with Gasteiger partial charge in [0.25, 0.3) is 10.1 Å². The zero-order chi connectivity index (χ0) is 9.28. The first-order chi connectivity index (χ1) is 4.65. The first-order valence-electron chi connectivity index (χ1n) is 2.79. The number of hydrogen-bond acceptors (Lipinski definition) is 4. The third kappa shape index (κ3) is 3.94. The van der Waals surface area contributed by atoms with Crippen LogP contribution in [-0.4, -0.2) is 31.4 Å². The third-order valence-corrected chi connectivity index (χ3v) is 1.59. The molecular formula is C5H10O5S. The van der Waals surface area contributed by atoms with Crippen LogP contribution in [0.5, 0.6) is 0 Å². The fourth-order valence-corrected chi connectivity index (χ4v) is 1.24. The Morgan fingerprint density at radius 2 is 1.82 bits per heavy atom. The Balaban J connectivity index is 4.51. The Kier molecular flexibility index (Phi) is 2.63. The second kappa shape index (κ2) is 2.78. The molecule has 0 radical (unpaired) electrons. The molecule has 0 aromatic rings. The van der Waals surface area contributed by atoms with Crippen LogP contribution in [0.1, 0.15) is 13.8 Å². The quantitative estimate of drug-likeness (QED) is 0.612. The van der Waals surface area contributed by atoms with Crippen LogP contribution in [0.25, 0.3) is 0 Å². The summed E-state index contributed by atoms with van der Waals surface area (Å²) in [5, 5.41) is 8.42. The van der Waals surface area contributed by atoms with Gasteiger partial charge in [-0.25, -0.2) is 4.79 Å². The maximum atomic E-state index is 10.5. The normalized spacial score (nSPS) is 13.0. The topological polar surface area (TPSA) is 80.7 Å². The summed E-state index contributed by atoms with van der Waals surface area (Å²) in [5.74, 6) is -1.32. The molecule has 0 bridgehead atoms. The van der Waals surface area contributed by atoms with Crippen LogP contribution < -0.4 is 0 Å². The lowest BCUT2D eigenvalue weighted by Crippen LogP contribution is -2.36. The Hall–Kier alpha value is -0.620. The molecule has 0 unspecified atom stereocenters. The van der Waals surface area contributed by atoms with E-state index in [1.807, 2.05) is 0 Å². The summed E-state index contributed by atoms with van der Waals surface area (Å²) in [6, 6.07) is 0. The van der Waals surface area contributed by atoms with Crippen molar-refractivity contribution in [2.75, 3.05) is 6.26 Å². The van der Waals surface area contributed by atoms with Gasteiger partial charge in [-0.3, -0.25) is 4.18 Å². The largest absolute Gasteiger partial charge is 0.479 e. The van der Waals surface area contributed by atoms with E-state index in [4.69, 9.17) is 5.11 Å². The van der Waals surface area contributed by atoms with E-state index in [2.05, 4.69) is 4.18 Å². The van der Waals surface area contributed by atoms with Crippen LogP contribution >= 0.6 is 0 Å². The number of carboxylic acids is 1. The van der Waals surface area contributed by atoms with E-state index in [1.54, 1.807) is 0 Å². The molecule has 1 N–H and O–H groups in total. The number of carboxylic acid groups (broad SMARTS) is 1. The van der Waals surface area contributed by atoms with Gasteiger partial charge in [0.1, 0.15) is 0 Å². The van der Waals surface area contributed by atoms with Gasteiger partial charge in [-0.2, -0.15) is 8.42 Å². The summed E-state index contributed by atoms with van der Waals surface area (Å²) in [6.07, 6.45) is 0.803. The van der Waals surface area contributed by atoms with Crippen molar-refractivity contribution in [2.45, 2.75) is 19.4 Å². The lowest BCUT2D eigenvalue weighted by Gasteiger charge is -2.17. The van der Waals surface area contributed by atoms with Crippen LogP contribution in [0, 0.1) is 0 Å². The molecule has 0 aromatic carbocycles. The molecule has 0 heterocycles. The third-order valence-electron chi connectivity index (χ3n) is 0.875. The molecule has 6 heteroatoms. The van der Waals surface area contributed by atoms with E-state index in [9.17, 15) is 13.2 Å². The molecule has 0 aliphatic carbocycles. The molecule has 0 amide bonds. The van der Waals surface area contributed by atoms with Crippen molar-refractivity contribution in [1.29, 1.82) is 0 Å². The molecule has 5 nitrogen and oxygen atoms in total. The van der Waals surface area contributed by atoms with Gasteiger partial charge < -0.3 is 5.11 Å². The lowest BCUT2D eigenvalue weighted by molar-refractivity contribution is -0.151. The highest BCUT2D eigenvalue weighted by Gasteiger charge is 2.32. The van der Waals surface area contributed by atoms with Crippen molar-refractivity contribution < 1.29 is 22.5 Å². The molecule has 0 aliphatic heterocycles. The average molecular weight is 182 g/mol. The van der Waals surface area contributed by atoms with Gasteiger partial charge in [0, 0.05) is 0 Å². The summed E-state index contributed by atoms with van der Waals surface area (Å²) in [4.78, 5) is 10.3. The summed E-state index contributed by atoms with van der Waals surface area (Å²) in [7, 11) is -3.71. The van der Waals surface area contributed by atoms with Gasteiger partial charge in [0.05, 0.1) is 6.26 Å². The molecule has 0 rings (SSSR count). The lowest BCUT2D eigenvalue weighted by atomic mass is 10.1. The van der Waals surface area contributed by atoms with Gasteiger partial charge >= 0.3 is 5.97 Å². The second-order valence-corrected chi connectivity index (χ2v) is 4.18. The molecule has 0 aliphatic rings. The van der Waals surface area contributed by atoms with E-state index >= 15 is 0 Å². The number of aliphatic carboxylic acids is 1. The predicted molar refractivity (Wildman–Crippen MR) is 37.6 cm³/mol. The van der Waals surface area contributed by atoms with Crippen molar-refractivity contribution in [3.8, 4) is 0 Å². The van der Waals surface area contributed by atoms with Crippen molar-refractivity contribution >= 4 is 16.1 Å². The van der Waals surface area contributed by atoms with Gasteiger partial charge in [0.2, 0.25) is 0 Å². The molecule has 0 saturated carbocycles. The van der Waals surface area contributed by atoms with Crippen molar-refractivity contribution in [2.24, 2.45) is 0 Å². The van der Waals surface area contributed by atoms with Gasteiger partial charge in [-0.15, -0.1) is 0 Å². The minimum absolute atomic E-state index is 0.803. The van der Waals surface area contributed by atoms with Crippen LogP contribution in [-0.2, 0) is 19.1 Å². The number of carbonyl (C=O) groups is 1. The molecule has 0 atom stereocenters. The van der Waals surface area contributed by atoms with E-state index < -0.39 is 21.7 Å². The van der Waals surface area contributed by atoms with E-state index in [0.717, 1.165) is 20.1 Å². The van der Waals surface area contributed by atoms with E-state index in [-0.39, 0.29) is 0 Å². The van der Waals surface area contributed by atoms with Gasteiger partial charge in [-0.05, 0) is 13.8 Å². The first-order valence-corrected chi connectivity index (χ1v) is 4.61. The maximum Gasteiger partial charge on any atom is 0.336 e. The van der Waals surface area contributed by atoms with Crippen LogP contribution in [0.4, 0.5) is 0 Å². The molecule has 11 heavy (non-hydrogen) atoms. The molecule has 0 fully saturated rings. The van der Waals surface area contributed by atoms with Gasteiger partial charge in [0.15, 0.2) is 5.60 Å². The van der Waals surface area contributed by atoms with Crippen LogP contribution in [0.2, 0.25) is 0 Å². The standard InChI is InChI=1S/C5H10O5S/c1-5(2,4(6)7)10-11(3,8)9/h1-3H3,(H,6,7). The Bertz CT molecular complexity index is 250. The summed E-state index contributed by atoms with van der Waals surface area (Å²) < 4.78 is 25.2. The highest BCUT2D eigenvalue weighted by molar-refractivity contribution is 7.86. The minimum atomic E-state index is -3.71. The van der Waals surface area contributed by atoms with E-state index in [0.29, 0.717) is 0 Å². The number of rotatable bonds is 3. The van der Waals surface area contributed by atoms with Crippen molar-refractivity contribution in [1.82, 2.24) is 0 Å². The molecular weight excluding hydrogens is 172 g/mol. The predicted octanol–water partition coefficient (Wildman–Crippen LogP) is -0.174. The fraction of sp³-hybridized carbons (Fsp3) is 0.800. The molecule has 0 saturated heterocycles. The highest BCUT2D eigenvalue weighted by Crippen LogP contribution is 2.11. The van der Waals surface area contributed by atoms with E-state index in [1.165, 1.54) is 0 Å². The second-order valence-electron chi connectivity index (χ2n) is 2.60. The van der Waals surface area contributed by atoms with Gasteiger partial charge in [-0.1, -0.05) is 0 Å². The Morgan fingerprint density at radius 1 is 1.45 bits per heavy atom. The highest BCUT2D eigenvalue weighted by atomic mass is 32.2. The average Bonchev–Trinajstić information content (AvgIpc) is 1.56. The molecule has 0 aromatic heterocycles. The molecule has 66 valence electrons. The zero-order valence-electron chi connectivity index (χ0n) is 6.49. The molecule has 0 spiro atoms. The Labute approximate surface area is 65.1 Å². The monoisotopic (exact) mass is 182 g/mol. The zero-order valence-corrected chi connectivity index (χ0v) is 7.30. The fourth-order valence-electron chi connectivity index (χ4n) is 0.414. The summed E-state index contributed by atoms with van der Waals surface area (Å²) in [5.41, 5.74) is -1.69. The maximum absolute atomic E-state index is 10.5. The summed E-state index contributed by atoms with van der Waals surface area (Å²) in [6.45, 7) is 2.33. The van der Waals surface area contributed by atoms with Crippen molar-refractivity contribution in [3.63, 3.8) is 0 Å². The van der Waals surface area contributed by atoms with Crippen LogP contribution in [0.3, 0.4) is 0 Å². The first kappa shape index (κ1) is 10.4.